The fraction of sp³-hybridized carbons (Fsp3) is 0.688. The Balaban J connectivity index is 1.94. The molecule has 0 saturated heterocycles. The highest BCUT2D eigenvalue weighted by atomic mass is 32.1. The molecule has 0 saturated carbocycles. The number of hydrogen-bond donors (Lipinski definition) is 2. The monoisotopic (exact) mass is 295 g/mol. The highest BCUT2D eigenvalue weighted by Crippen LogP contribution is 2.28. The van der Waals surface area contributed by atoms with Crippen LogP contribution in [0.4, 0.5) is 0 Å². The van der Waals surface area contributed by atoms with Gasteiger partial charge in [-0.2, -0.15) is 0 Å². The molecule has 1 aromatic heterocycles. The van der Waals surface area contributed by atoms with E-state index < -0.39 is 6.10 Å². The van der Waals surface area contributed by atoms with E-state index in [-0.39, 0.29) is 5.91 Å². The molecule has 1 aromatic rings. The van der Waals surface area contributed by atoms with Crippen LogP contribution >= 0.6 is 11.3 Å². The van der Waals surface area contributed by atoms with Crippen molar-refractivity contribution in [2.24, 2.45) is 0 Å². The van der Waals surface area contributed by atoms with Crippen molar-refractivity contribution in [3.8, 4) is 0 Å². The van der Waals surface area contributed by atoms with Crippen LogP contribution in [0.2, 0.25) is 0 Å². The van der Waals surface area contributed by atoms with E-state index in [1.807, 2.05) is 6.92 Å². The molecule has 1 unspecified atom stereocenters. The summed E-state index contributed by atoms with van der Waals surface area (Å²) >= 11 is 1.64. The summed E-state index contributed by atoms with van der Waals surface area (Å²) in [4.78, 5) is 14.3. The highest BCUT2D eigenvalue weighted by molar-refractivity contribution is 7.14. The van der Waals surface area contributed by atoms with Crippen molar-refractivity contribution in [1.82, 2.24) is 5.32 Å². The molecular weight excluding hydrogens is 270 g/mol. The lowest BCUT2D eigenvalue weighted by atomic mass is 10.00. The molecule has 0 aromatic carbocycles. The number of thiophene rings is 1. The molecule has 1 heterocycles. The van der Waals surface area contributed by atoms with Gasteiger partial charge >= 0.3 is 0 Å². The normalized spacial score (nSPS) is 16.9. The Kier molecular flexibility index (Phi) is 6.05. The molecule has 112 valence electrons. The van der Waals surface area contributed by atoms with E-state index in [0.29, 0.717) is 6.54 Å². The van der Waals surface area contributed by atoms with Crippen LogP contribution in [0.1, 0.15) is 65.6 Å². The summed E-state index contributed by atoms with van der Waals surface area (Å²) in [6.45, 7) is 2.39. The number of aliphatic hydroxyl groups excluding tert-OH is 1. The molecule has 1 amide bonds. The van der Waals surface area contributed by atoms with Gasteiger partial charge in [0.25, 0.3) is 5.91 Å². The van der Waals surface area contributed by atoms with Crippen LogP contribution in [0.25, 0.3) is 0 Å². The minimum atomic E-state index is -0.426. The summed E-state index contributed by atoms with van der Waals surface area (Å²) in [5.74, 6) is -0.0306. The van der Waals surface area contributed by atoms with Crippen LogP contribution in [0.5, 0.6) is 0 Å². The smallest absolute Gasteiger partial charge is 0.261 e. The van der Waals surface area contributed by atoms with E-state index in [9.17, 15) is 9.90 Å². The second-order valence-corrected chi connectivity index (χ2v) is 6.76. The molecule has 1 aliphatic carbocycles. The maximum Gasteiger partial charge on any atom is 0.261 e. The summed E-state index contributed by atoms with van der Waals surface area (Å²) in [5, 5.41) is 12.5. The molecule has 0 radical (unpaired) electrons. The van der Waals surface area contributed by atoms with Crippen molar-refractivity contribution in [3.63, 3.8) is 0 Å². The zero-order chi connectivity index (χ0) is 14.4. The Bertz CT molecular complexity index is 416. The number of nitrogens with one attached hydrogen (secondary N) is 1. The molecule has 3 nitrogen and oxygen atoms in total. The van der Waals surface area contributed by atoms with Gasteiger partial charge in [0.1, 0.15) is 0 Å². The number of hydrogen-bond acceptors (Lipinski definition) is 3. The summed E-state index contributed by atoms with van der Waals surface area (Å²) < 4.78 is 0. The molecule has 2 N–H and O–H groups in total. The summed E-state index contributed by atoms with van der Waals surface area (Å²) in [7, 11) is 0. The minimum absolute atomic E-state index is 0.0306. The molecule has 1 atom stereocenters. The lowest BCUT2D eigenvalue weighted by Gasteiger charge is -2.09. The third kappa shape index (κ3) is 4.32. The summed E-state index contributed by atoms with van der Waals surface area (Å²) in [6.07, 6.45) is 8.56. The van der Waals surface area contributed by atoms with Crippen LogP contribution in [0.15, 0.2) is 6.07 Å². The van der Waals surface area contributed by atoms with Crippen molar-refractivity contribution in [2.45, 2.75) is 64.4 Å². The Morgan fingerprint density at radius 1 is 1.35 bits per heavy atom. The van der Waals surface area contributed by atoms with E-state index in [1.165, 1.54) is 36.1 Å². The molecule has 20 heavy (non-hydrogen) atoms. The lowest BCUT2D eigenvalue weighted by molar-refractivity contribution is 0.0914. The van der Waals surface area contributed by atoms with Crippen LogP contribution < -0.4 is 5.32 Å². The predicted molar refractivity (Wildman–Crippen MR) is 83.4 cm³/mol. The van der Waals surface area contributed by atoms with Gasteiger partial charge in [-0.1, -0.05) is 26.2 Å². The first-order chi connectivity index (χ1) is 9.70. The van der Waals surface area contributed by atoms with Crippen molar-refractivity contribution in [2.75, 3.05) is 6.54 Å². The van der Waals surface area contributed by atoms with E-state index >= 15 is 0 Å². The standard InChI is InChI=1S/C16H25NO2S/c1-2-7-13(18)11-17-16(19)15-10-12-8-5-3-4-6-9-14(12)20-15/h10,13,18H,2-9,11H2,1H3,(H,17,19). The summed E-state index contributed by atoms with van der Waals surface area (Å²) in [6, 6.07) is 2.06. The zero-order valence-corrected chi connectivity index (χ0v) is 13.1. The third-order valence-corrected chi connectivity index (χ3v) is 5.08. The van der Waals surface area contributed by atoms with Gasteiger partial charge in [0.2, 0.25) is 0 Å². The van der Waals surface area contributed by atoms with Gasteiger partial charge in [0.15, 0.2) is 0 Å². The first-order valence-corrected chi connectivity index (χ1v) is 8.60. The fourth-order valence-electron chi connectivity index (χ4n) is 2.69. The van der Waals surface area contributed by atoms with Crippen LogP contribution in [0, 0.1) is 0 Å². The highest BCUT2D eigenvalue weighted by Gasteiger charge is 2.16. The van der Waals surface area contributed by atoms with Gasteiger partial charge in [-0.25, -0.2) is 0 Å². The maximum absolute atomic E-state index is 12.1. The molecule has 0 bridgehead atoms. The fourth-order valence-corrected chi connectivity index (χ4v) is 3.86. The van der Waals surface area contributed by atoms with Gasteiger partial charge in [0.05, 0.1) is 11.0 Å². The molecule has 1 aliphatic rings. The first-order valence-electron chi connectivity index (χ1n) is 7.78. The minimum Gasteiger partial charge on any atom is -0.391 e. The van der Waals surface area contributed by atoms with E-state index in [2.05, 4.69) is 11.4 Å². The van der Waals surface area contributed by atoms with Gasteiger partial charge in [-0.15, -0.1) is 11.3 Å². The van der Waals surface area contributed by atoms with E-state index in [1.54, 1.807) is 11.3 Å². The number of aliphatic hydroxyl groups is 1. The van der Waals surface area contributed by atoms with Gasteiger partial charge in [-0.3, -0.25) is 4.79 Å². The molecule has 0 spiro atoms. The Morgan fingerprint density at radius 3 is 2.85 bits per heavy atom. The van der Waals surface area contributed by atoms with Crippen molar-refractivity contribution in [1.29, 1.82) is 0 Å². The molecule has 0 fully saturated rings. The quantitative estimate of drug-likeness (QED) is 0.875. The Morgan fingerprint density at radius 2 is 2.10 bits per heavy atom. The second-order valence-electron chi connectivity index (χ2n) is 5.63. The molecule has 0 aliphatic heterocycles. The Hall–Kier alpha value is -0.870. The van der Waals surface area contributed by atoms with Gasteiger partial charge in [-0.05, 0) is 43.7 Å². The molecule has 2 rings (SSSR count). The number of fused-ring (bicyclic) bond motifs is 1. The largest absolute Gasteiger partial charge is 0.391 e. The topological polar surface area (TPSA) is 49.3 Å². The van der Waals surface area contributed by atoms with Crippen molar-refractivity contribution in [3.05, 3.63) is 21.4 Å². The van der Waals surface area contributed by atoms with Crippen LogP contribution in [-0.4, -0.2) is 23.7 Å². The SMILES string of the molecule is CCCC(O)CNC(=O)c1cc2c(s1)CCCCCC2. The average Bonchev–Trinajstić information content (AvgIpc) is 2.79. The number of carbonyl (C=O) groups excluding carboxylic acids is 1. The number of aryl methyl sites for hydroxylation is 2. The number of rotatable bonds is 5. The van der Waals surface area contributed by atoms with E-state index in [4.69, 9.17) is 0 Å². The maximum atomic E-state index is 12.1. The third-order valence-electron chi connectivity index (χ3n) is 3.84. The summed E-state index contributed by atoms with van der Waals surface area (Å²) in [5.41, 5.74) is 1.37. The Labute approximate surface area is 125 Å². The molecule has 4 heteroatoms. The van der Waals surface area contributed by atoms with Crippen LogP contribution in [-0.2, 0) is 12.8 Å². The first kappa shape index (κ1) is 15.5. The zero-order valence-electron chi connectivity index (χ0n) is 12.3. The second kappa shape index (κ2) is 7.79. The lowest BCUT2D eigenvalue weighted by Crippen LogP contribution is -2.31. The van der Waals surface area contributed by atoms with Crippen LogP contribution in [0.3, 0.4) is 0 Å². The van der Waals surface area contributed by atoms with Crippen molar-refractivity contribution < 1.29 is 9.90 Å². The predicted octanol–water partition coefficient (Wildman–Crippen LogP) is 3.30. The average molecular weight is 295 g/mol. The number of amides is 1. The van der Waals surface area contributed by atoms with Gasteiger partial charge in [0, 0.05) is 11.4 Å². The van der Waals surface area contributed by atoms with E-state index in [0.717, 1.165) is 30.6 Å². The number of carbonyl (C=O) groups is 1. The van der Waals surface area contributed by atoms with Crippen molar-refractivity contribution >= 4 is 17.2 Å². The molecular formula is C16H25NO2S. The van der Waals surface area contributed by atoms with Gasteiger partial charge < -0.3 is 10.4 Å².